The Hall–Kier alpha value is -1.38. The highest BCUT2D eigenvalue weighted by Crippen LogP contribution is 2.32. The van der Waals surface area contributed by atoms with Crippen molar-refractivity contribution < 1.29 is 9.18 Å². The number of halogens is 3. The molecule has 2 rings (SSSR count). The van der Waals surface area contributed by atoms with Crippen LogP contribution in [0.2, 0.25) is 10.0 Å². The Balaban J connectivity index is 2.57. The summed E-state index contributed by atoms with van der Waals surface area (Å²) in [6.07, 6.45) is 0.374. The molecule has 2 aromatic carbocycles. The summed E-state index contributed by atoms with van der Waals surface area (Å²) in [7, 11) is 0. The van der Waals surface area contributed by atoms with Crippen molar-refractivity contribution in [2.75, 3.05) is 0 Å². The fourth-order valence-electron chi connectivity index (χ4n) is 1.82. The van der Waals surface area contributed by atoms with E-state index >= 15 is 0 Å². The van der Waals surface area contributed by atoms with Crippen LogP contribution < -0.4 is 0 Å². The Labute approximate surface area is 121 Å². The van der Waals surface area contributed by atoms with E-state index in [1.165, 1.54) is 18.2 Å². The first-order valence-electron chi connectivity index (χ1n) is 5.81. The number of ketones is 1. The first-order chi connectivity index (χ1) is 9.02. The maximum absolute atomic E-state index is 13.9. The van der Waals surface area contributed by atoms with Gasteiger partial charge in [-0.25, -0.2) is 4.39 Å². The van der Waals surface area contributed by atoms with Gasteiger partial charge in [0.05, 0.1) is 0 Å². The van der Waals surface area contributed by atoms with Gasteiger partial charge in [0.15, 0.2) is 5.78 Å². The van der Waals surface area contributed by atoms with E-state index in [-0.39, 0.29) is 5.78 Å². The lowest BCUT2D eigenvalue weighted by Crippen LogP contribution is -1.98. The molecule has 0 heterocycles. The van der Waals surface area contributed by atoms with Gasteiger partial charge < -0.3 is 0 Å². The van der Waals surface area contributed by atoms with Crippen molar-refractivity contribution in [2.24, 2.45) is 0 Å². The van der Waals surface area contributed by atoms with E-state index in [0.29, 0.717) is 33.2 Å². The average Bonchev–Trinajstić information content (AvgIpc) is 2.39. The highest BCUT2D eigenvalue weighted by atomic mass is 35.5. The van der Waals surface area contributed by atoms with Crippen molar-refractivity contribution >= 4 is 29.0 Å². The number of hydrogen-bond donors (Lipinski definition) is 0. The van der Waals surface area contributed by atoms with Crippen LogP contribution in [0.3, 0.4) is 0 Å². The van der Waals surface area contributed by atoms with Crippen LogP contribution in [0.4, 0.5) is 4.39 Å². The van der Waals surface area contributed by atoms with Gasteiger partial charge in [0, 0.05) is 33.2 Å². The molecule has 0 saturated heterocycles. The zero-order chi connectivity index (χ0) is 14.0. The van der Waals surface area contributed by atoms with Gasteiger partial charge in [-0.05, 0) is 30.3 Å². The monoisotopic (exact) mass is 296 g/mol. The highest BCUT2D eigenvalue weighted by molar-refractivity contribution is 6.36. The molecule has 0 unspecified atom stereocenters. The van der Waals surface area contributed by atoms with Gasteiger partial charge in [0.25, 0.3) is 0 Å². The molecule has 4 heteroatoms. The molecule has 0 aromatic heterocycles. The molecule has 19 heavy (non-hydrogen) atoms. The third-order valence-electron chi connectivity index (χ3n) is 2.83. The van der Waals surface area contributed by atoms with Gasteiger partial charge in [0.2, 0.25) is 0 Å². The lowest BCUT2D eigenvalue weighted by atomic mass is 10.00. The summed E-state index contributed by atoms with van der Waals surface area (Å²) in [6, 6.07) is 9.11. The molecule has 0 aliphatic carbocycles. The van der Waals surface area contributed by atoms with E-state index in [1.807, 2.05) is 0 Å². The van der Waals surface area contributed by atoms with E-state index in [0.717, 1.165) is 0 Å². The second-order valence-corrected chi connectivity index (χ2v) is 4.94. The Morgan fingerprint density at radius 2 is 1.84 bits per heavy atom. The lowest BCUT2D eigenvalue weighted by molar-refractivity contribution is 0.0988. The molecular weight excluding hydrogens is 286 g/mol. The Kier molecular flexibility index (Phi) is 4.23. The van der Waals surface area contributed by atoms with Crippen LogP contribution in [-0.2, 0) is 0 Å². The minimum atomic E-state index is -0.420. The minimum absolute atomic E-state index is 0.0358. The van der Waals surface area contributed by atoms with E-state index in [2.05, 4.69) is 0 Å². The predicted molar refractivity (Wildman–Crippen MR) is 76.5 cm³/mol. The van der Waals surface area contributed by atoms with Crippen LogP contribution in [0.5, 0.6) is 0 Å². The molecular formula is C15H11Cl2FO. The van der Waals surface area contributed by atoms with Crippen LogP contribution in [0, 0.1) is 5.82 Å². The van der Waals surface area contributed by atoms with Crippen molar-refractivity contribution in [3.63, 3.8) is 0 Å². The second kappa shape index (κ2) is 5.72. The minimum Gasteiger partial charge on any atom is -0.294 e. The normalized spacial score (nSPS) is 10.5. The molecule has 0 spiro atoms. The molecule has 0 amide bonds. The zero-order valence-electron chi connectivity index (χ0n) is 10.2. The number of benzene rings is 2. The Morgan fingerprint density at radius 3 is 2.47 bits per heavy atom. The molecule has 0 bridgehead atoms. The van der Waals surface area contributed by atoms with Crippen molar-refractivity contribution in [1.82, 2.24) is 0 Å². The molecule has 0 atom stereocenters. The van der Waals surface area contributed by atoms with Gasteiger partial charge in [-0.15, -0.1) is 0 Å². The quantitative estimate of drug-likeness (QED) is 0.694. The molecule has 0 radical (unpaired) electrons. The molecule has 1 nitrogen and oxygen atoms in total. The van der Waals surface area contributed by atoms with E-state index < -0.39 is 5.82 Å². The zero-order valence-corrected chi connectivity index (χ0v) is 11.7. The van der Waals surface area contributed by atoms with Gasteiger partial charge in [-0.1, -0.05) is 36.2 Å². The number of hydrogen-bond acceptors (Lipinski definition) is 1. The first kappa shape index (κ1) is 14.0. The summed E-state index contributed by atoms with van der Waals surface area (Å²) in [4.78, 5) is 11.7. The number of carbonyl (C=O) groups is 1. The maximum Gasteiger partial charge on any atom is 0.162 e. The summed E-state index contributed by atoms with van der Waals surface area (Å²) < 4.78 is 13.9. The van der Waals surface area contributed by atoms with Gasteiger partial charge in [0.1, 0.15) is 5.82 Å². The van der Waals surface area contributed by atoms with Crippen LogP contribution in [-0.4, -0.2) is 5.78 Å². The summed E-state index contributed by atoms with van der Waals surface area (Å²) >= 11 is 11.9. The van der Waals surface area contributed by atoms with Gasteiger partial charge in [-0.3, -0.25) is 4.79 Å². The fourth-order valence-corrected chi connectivity index (χ4v) is 2.33. The molecule has 0 N–H and O–H groups in total. The van der Waals surface area contributed by atoms with Crippen LogP contribution >= 0.6 is 23.2 Å². The van der Waals surface area contributed by atoms with Crippen LogP contribution in [0.1, 0.15) is 23.7 Å². The number of Topliss-reactive ketones (excluding diaryl/α,β-unsaturated/α-hetero) is 1. The van der Waals surface area contributed by atoms with Gasteiger partial charge in [-0.2, -0.15) is 0 Å². The topological polar surface area (TPSA) is 17.1 Å². The average molecular weight is 297 g/mol. The fraction of sp³-hybridized carbons (Fsp3) is 0.133. The number of rotatable bonds is 3. The molecule has 0 saturated carbocycles. The lowest BCUT2D eigenvalue weighted by Gasteiger charge is -2.08. The largest absolute Gasteiger partial charge is 0.294 e. The highest BCUT2D eigenvalue weighted by Gasteiger charge is 2.12. The van der Waals surface area contributed by atoms with E-state index in [4.69, 9.17) is 23.2 Å². The van der Waals surface area contributed by atoms with Crippen LogP contribution in [0.25, 0.3) is 11.1 Å². The third kappa shape index (κ3) is 2.96. The summed E-state index contributed by atoms with van der Waals surface area (Å²) in [6.45, 7) is 1.76. The summed E-state index contributed by atoms with van der Waals surface area (Å²) in [5.41, 5.74) is 1.31. The summed E-state index contributed by atoms with van der Waals surface area (Å²) in [5.74, 6) is -0.455. The molecule has 98 valence electrons. The van der Waals surface area contributed by atoms with Gasteiger partial charge >= 0.3 is 0 Å². The summed E-state index contributed by atoms with van der Waals surface area (Å²) in [5, 5.41) is 0.836. The molecule has 0 fully saturated rings. The first-order valence-corrected chi connectivity index (χ1v) is 6.56. The Bertz CT molecular complexity index is 638. The predicted octanol–water partition coefficient (Wildman–Crippen LogP) is 5.39. The second-order valence-electron chi connectivity index (χ2n) is 4.10. The van der Waals surface area contributed by atoms with Crippen molar-refractivity contribution in [2.45, 2.75) is 13.3 Å². The maximum atomic E-state index is 13.9. The van der Waals surface area contributed by atoms with Crippen molar-refractivity contribution in [3.05, 3.63) is 57.8 Å². The Morgan fingerprint density at radius 1 is 1.11 bits per heavy atom. The van der Waals surface area contributed by atoms with E-state index in [9.17, 15) is 9.18 Å². The third-order valence-corrected chi connectivity index (χ3v) is 3.38. The number of carbonyl (C=O) groups excluding carboxylic acids is 1. The standard InChI is InChI=1S/C15H11Cl2FO/c1-2-15(19)9-3-6-14(18)12(7-9)11-5-4-10(16)8-13(11)17/h3-8H,2H2,1H3. The molecule has 0 aliphatic heterocycles. The molecule has 2 aromatic rings. The van der Waals surface area contributed by atoms with Crippen molar-refractivity contribution in [1.29, 1.82) is 0 Å². The van der Waals surface area contributed by atoms with Crippen LogP contribution in [0.15, 0.2) is 36.4 Å². The van der Waals surface area contributed by atoms with Crippen molar-refractivity contribution in [3.8, 4) is 11.1 Å². The van der Waals surface area contributed by atoms with E-state index in [1.54, 1.807) is 25.1 Å². The SMILES string of the molecule is CCC(=O)c1ccc(F)c(-c2ccc(Cl)cc2Cl)c1. The molecule has 0 aliphatic rings. The smallest absolute Gasteiger partial charge is 0.162 e.